The second-order valence-corrected chi connectivity index (χ2v) is 10.6. The van der Waals surface area contributed by atoms with Crippen molar-refractivity contribution in [3.63, 3.8) is 0 Å². The van der Waals surface area contributed by atoms with E-state index in [0.717, 1.165) is 23.3 Å². The fraction of sp³-hybridized carbons (Fsp3) is 0.207. The zero-order valence-electron chi connectivity index (χ0n) is 20.2. The Morgan fingerprint density at radius 1 is 0.972 bits per heavy atom. The van der Waals surface area contributed by atoms with E-state index >= 15 is 0 Å². The normalized spacial score (nSPS) is 13.8. The summed E-state index contributed by atoms with van der Waals surface area (Å²) in [5.41, 5.74) is 0.0944. The molecule has 0 aliphatic heterocycles. The quantitative estimate of drug-likeness (QED) is 0.142. The van der Waals surface area contributed by atoms with Crippen LogP contribution in [-0.2, 0) is 21.3 Å². The first-order valence-corrected chi connectivity index (χ1v) is 12.6. The number of aryl methyl sites for hydroxylation is 2. The van der Waals surface area contributed by atoms with Gasteiger partial charge < -0.3 is 9.47 Å². The summed E-state index contributed by atoms with van der Waals surface area (Å²) >= 11 is 0. The van der Waals surface area contributed by atoms with E-state index in [1.165, 1.54) is 33.2 Å². The van der Waals surface area contributed by atoms with Crippen LogP contribution >= 0.6 is 10.5 Å². The number of carbonyl (C=O) groups excluding carboxylic acids is 1. The molecule has 0 N–H and O–H groups in total. The minimum atomic E-state index is -4.45. The highest BCUT2D eigenvalue weighted by Crippen LogP contribution is 2.42. The van der Waals surface area contributed by atoms with Crippen molar-refractivity contribution in [3.8, 4) is 10.6 Å². The molecule has 0 saturated carbocycles. The van der Waals surface area contributed by atoms with E-state index in [0.29, 0.717) is 11.3 Å². The topological polar surface area (TPSA) is 35.5 Å². The maximum Gasteiger partial charge on any atom is 0.416 e. The van der Waals surface area contributed by atoms with Crippen LogP contribution in [0.4, 0.5) is 13.2 Å². The first kappa shape index (κ1) is 25.5. The second-order valence-electron chi connectivity index (χ2n) is 8.71. The highest BCUT2D eigenvalue weighted by molar-refractivity contribution is 7.43. The Labute approximate surface area is 210 Å². The molecular weight excluding hydrogens is 485 g/mol. The van der Waals surface area contributed by atoms with Gasteiger partial charge in [-0.3, -0.25) is 0 Å². The van der Waals surface area contributed by atoms with E-state index in [-0.39, 0.29) is 17.1 Å². The second kappa shape index (κ2) is 9.82. The molecule has 2 atom stereocenters. The van der Waals surface area contributed by atoms with Crippen molar-refractivity contribution in [3.05, 3.63) is 107 Å². The summed E-state index contributed by atoms with van der Waals surface area (Å²) in [6.07, 6.45) is -3.07. The maximum atomic E-state index is 12.9. The lowest BCUT2D eigenvalue weighted by atomic mass is 9.95. The summed E-state index contributed by atoms with van der Waals surface area (Å²) in [7, 11) is -0.160. The van der Waals surface area contributed by atoms with Crippen molar-refractivity contribution < 1.29 is 27.4 Å². The van der Waals surface area contributed by atoms with E-state index < -0.39 is 23.3 Å². The van der Waals surface area contributed by atoms with Crippen LogP contribution in [0.25, 0.3) is 15.0 Å². The van der Waals surface area contributed by atoms with Crippen molar-refractivity contribution in [1.82, 2.24) is 0 Å². The molecule has 1 aromatic heterocycles. The predicted molar refractivity (Wildman–Crippen MR) is 138 cm³/mol. The number of thiophene rings is 1. The van der Waals surface area contributed by atoms with E-state index in [9.17, 15) is 18.0 Å². The molecule has 0 radical (unpaired) electrons. The zero-order valence-corrected chi connectivity index (χ0v) is 21.0. The van der Waals surface area contributed by atoms with Gasteiger partial charge in [-0.05, 0) is 67.8 Å². The minimum Gasteiger partial charge on any atom is -0.481 e. The van der Waals surface area contributed by atoms with Crippen LogP contribution in [0.15, 0.2) is 84.8 Å². The average molecular weight is 512 g/mol. The number of fused-ring (bicyclic) bond motifs is 1. The summed E-state index contributed by atoms with van der Waals surface area (Å²) in [5.74, 6) is -0.0553. The van der Waals surface area contributed by atoms with Crippen LogP contribution in [0, 0.1) is 13.8 Å². The van der Waals surface area contributed by atoms with Crippen LogP contribution in [0.5, 0.6) is 5.75 Å². The number of alkyl halides is 3. The lowest BCUT2D eigenvalue weighted by molar-refractivity contribution is -0.157. The zero-order chi connectivity index (χ0) is 26.1. The number of carbonyl (C=O) groups is 1. The molecule has 7 heteroatoms. The fourth-order valence-electron chi connectivity index (χ4n) is 4.11. The Hall–Kier alpha value is -3.58. The summed E-state index contributed by atoms with van der Waals surface area (Å²) in [6.45, 7) is 8.79. The lowest BCUT2D eigenvalue weighted by Crippen LogP contribution is -2.29. The number of esters is 1. The molecule has 4 aromatic rings. The molecule has 2 unspecified atom stereocenters. The molecule has 0 aliphatic rings. The molecule has 0 aliphatic carbocycles. The van der Waals surface area contributed by atoms with Crippen molar-refractivity contribution >= 4 is 26.5 Å². The van der Waals surface area contributed by atoms with E-state index in [4.69, 9.17) is 9.47 Å². The third kappa shape index (κ3) is 5.16. The fourth-order valence-corrected chi connectivity index (χ4v) is 6.17. The molecule has 0 bridgehead atoms. The van der Waals surface area contributed by atoms with Crippen LogP contribution in [0.1, 0.15) is 29.2 Å². The molecule has 36 heavy (non-hydrogen) atoms. The molecule has 3 aromatic carbocycles. The van der Waals surface area contributed by atoms with Crippen LogP contribution in [0.3, 0.4) is 0 Å². The largest absolute Gasteiger partial charge is 0.481 e. The number of hydrogen-bond donors (Lipinski definition) is 0. The molecule has 0 amide bonds. The van der Waals surface area contributed by atoms with Gasteiger partial charge in [0.15, 0.2) is 21.8 Å². The van der Waals surface area contributed by atoms with Gasteiger partial charge in [-0.2, -0.15) is 13.2 Å². The van der Waals surface area contributed by atoms with Gasteiger partial charge >= 0.3 is 12.1 Å². The monoisotopic (exact) mass is 511 g/mol. The van der Waals surface area contributed by atoms with Gasteiger partial charge in [-0.1, -0.05) is 30.8 Å². The average Bonchev–Trinajstić information content (AvgIpc) is 3.27. The third-order valence-electron chi connectivity index (χ3n) is 6.06. The molecule has 4 rings (SSSR count). The van der Waals surface area contributed by atoms with Gasteiger partial charge in [-0.25, -0.2) is 4.79 Å². The van der Waals surface area contributed by atoms with E-state index in [1.54, 1.807) is 6.92 Å². The third-order valence-corrected chi connectivity index (χ3v) is 8.06. The molecule has 0 spiro atoms. The van der Waals surface area contributed by atoms with Crippen LogP contribution < -0.4 is 4.74 Å². The molecule has 3 nitrogen and oxygen atoms in total. The Morgan fingerprint density at radius 2 is 1.58 bits per heavy atom. The molecule has 186 valence electrons. The van der Waals surface area contributed by atoms with Gasteiger partial charge in [0, 0.05) is 34.1 Å². The van der Waals surface area contributed by atoms with Gasteiger partial charge in [0.25, 0.3) is 0 Å². The predicted octanol–water partition coefficient (Wildman–Crippen LogP) is 8.24. The summed E-state index contributed by atoms with van der Waals surface area (Å²) < 4.78 is 51.4. The summed E-state index contributed by atoms with van der Waals surface area (Å²) in [6, 6.07) is 19.0. The highest BCUT2D eigenvalue weighted by Gasteiger charge is 2.33. The molecular formula is C29H26F3O3S+. The Morgan fingerprint density at radius 3 is 2.19 bits per heavy atom. The van der Waals surface area contributed by atoms with Gasteiger partial charge in [0.2, 0.25) is 0 Å². The number of benzene rings is 3. The van der Waals surface area contributed by atoms with Crippen LogP contribution in [0.2, 0.25) is 0 Å². The Bertz CT molecular complexity index is 1400. The number of rotatable bonds is 7. The van der Waals surface area contributed by atoms with Gasteiger partial charge in [0.05, 0.1) is 5.56 Å². The highest BCUT2D eigenvalue weighted by atomic mass is 32.2. The SMILES string of the molecule is C=CC(C)(OC(=O)COc1c(C)cc(-[s+]2ccc3ccccc32)cc1C)c1ccc(C(F)(F)F)cc1. The Kier molecular flexibility index (Phi) is 6.96. The number of ether oxygens (including phenoxy) is 2. The van der Waals surface area contributed by atoms with Crippen molar-refractivity contribution in [2.24, 2.45) is 0 Å². The van der Waals surface area contributed by atoms with Gasteiger partial charge in [-0.15, -0.1) is 0 Å². The molecule has 1 heterocycles. The van der Waals surface area contributed by atoms with Crippen LogP contribution in [-0.4, -0.2) is 12.6 Å². The first-order chi connectivity index (χ1) is 17.0. The maximum absolute atomic E-state index is 12.9. The van der Waals surface area contributed by atoms with Gasteiger partial charge in [0.1, 0.15) is 11.1 Å². The minimum absolute atomic E-state index is 0.160. The van der Waals surface area contributed by atoms with Crippen molar-refractivity contribution in [2.45, 2.75) is 32.5 Å². The van der Waals surface area contributed by atoms with Crippen molar-refractivity contribution in [2.75, 3.05) is 6.61 Å². The van der Waals surface area contributed by atoms with E-state index in [1.807, 2.05) is 26.0 Å². The summed E-state index contributed by atoms with van der Waals surface area (Å²) in [5, 5.41) is 3.42. The summed E-state index contributed by atoms with van der Waals surface area (Å²) in [4.78, 5) is 13.8. The van der Waals surface area contributed by atoms with Crippen molar-refractivity contribution in [1.29, 1.82) is 0 Å². The van der Waals surface area contributed by atoms with E-state index in [2.05, 4.69) is 42.3 Å². The molecule has 0 fully saturated rings. The Balaban J connectivity index is 1.47. The first-order valence-electron chi connectivity index (χ1n) is 11.3. The number of halogens is 3. The lowest BCUT2D eigenvalue weighted by Gasteiger charge is -2.27. The smallest absolute Gasteiger partial charge is 0.416 e. The standard InChI is InChI=1S/C29H26F3O3S/c1-5-28(4,22-10-12-23(13-11-22)29(30,31)32)35-26(33)18-34-27-19(2)16-24(17-20(27)3)36-15-14-21-8-6-7-9-25(21)36/h5-17H,1,18H2,2-4H3/q+1. The number of hydrogen-bond acceptors (Lipinski definition) is 3. The molecule has 0 saturated heterocycles.